The van der Waals surface area contributed by atoms with Crippen molar-refractivity contribution >= 4 is 0 Å². The van der Waals surface area contributed by atoms with Gasteiger partial charge < -0.3 is 23.7 Å². The molecule has 5 nitrogen and oxygen atoms in total. The minimum atomic E-state index is -0.382. The minimum absolute atomic E-state index is 0.272. The van der Waals surface area contributed by atoms with Gasteiger partial charge in [0.05, 0.1) is 33.0 Å². The molecule has 0 radical (unpaired) electrons. The van der Waals surface area contributed by atoms with Crippen LogP contribution in [0.4, 0.5) is 0 Å². The molecule has 3 unspecified atom stereocenters. The van der Waals surface area contributed by atoms with E-state index in [0.717, 1.165) is 22.3 Å². The summed E-state index contributed by atoms with van der Waals surface area (Å²) < 4.78 is 32.9. The normalized spacial score (nSPS) is 23.8. The van der Waals surface area contributed by atoms with E-state index in [-0.39, 0.29) is 30.5 Å². The summed E-state index contributed by atoms with van der Waals surface area (Å²) in [4.78, 5) is 0. The standard InChI is InChI=1S/C35H36O5/c1-25-17-18-29-23-39-34-32(30(29)19-25)40-31(24-36-20-26-11-5-2-6-12-26)33(37-21-27-13-7-3-8-14-27)35(34)38-22-28-15-9-4-10-16-28/h2-19,31-35H,20-24H2,1H3/t31?,32-,33+,34?,35?/m0/s1. The maximum Gasteiger partial charge on any atom is 0.117 e. The molecule has 2 aliphatic heterocycles. The topological polar surface area (TPSA) is 46.2 Å². The number of fused-ring (bicyclic) bond motifs is 3. The first-order chi connectivity index (χ1) is 19.7. The number of rotatable bonds is 10. The molecule has 0 aromatic heterocycles. The zero-order valence-corrected chi connectivity index (χ0v) is 22.9. The van der Waals surface area contributed by atoms with Crippen LogP contribution in [-0.2, 0) is 50.1 Å². The maximum atomic E-state index is 6.84. The SMILES string of the molecule is Cc1ccc2c(c1)[C@@H]1OC(COCc3ccccc3)[C@@H](OCc3ccccc3)C(OCc3ccccc3)C1OC2. The molecule has 0 bridgehead atoms. The zero-order chi connectivity index (χ0) is 27.1. The van der Waals surface area contributed by atoms with Crippen LogP contribution in [0, 0.1) is 6.92 Å². The average Bonchev–Trinajstić information content (AvgIpc) is 3.00. The fourth-order valence-corrected chi connectivity index (χ4v) is 5.57. The Hall–Kier alpha value is -3.32. The van der Waals surface area contributed by atoms with Gasteiger partial charge in [0.1, 0.15) is 30.5 Å². The molecule has 0 N–H and O–H groups in total. The Bertz CT molecular complexity index is 1340. The molecule has 5 heteroatoms. The molecule has 1 fully saturated rings. The first-order valence-electron chi connectivity index (χ1n) is 14.0. The van der Waals surface area contributed by atoms with Crippen LogP contribution in [0.2, 0.25) is 0 Å². The van der Waals surface area contributed by atoms with E-state index in [1.54, 1.807) is 0 Å². The van der Waals surface area contributed by atoms with Crippen LogP contribution in [0.5, 0.6) is 0 Å². The summed E-state index contributed by atoms with van der Waals surface area (Å²) in [5.41, 5.74) is 6.85. The van der Waals surface area contributed by atoms with E-state index in [0.29, 0.717) is 33.0 Å². The fourth-order valence-electron chi connectivity index (χ4n) is 5.57. The lowest BCUT2D eigenvalue weighted by Gasteiger charge is -2.48. The number of benzene rings is 4. The molecule has 2 aliphatic rings. The Labute approximate surface area is 236 Å². The summed E-state index contributed by atoms with van der Waals surface area (Å²) in [5, 5.41) is 0. The van der Waals surface area contributed by atoms with Gasteiger partial charge in [0.15, 0.2) is 0 Å². The number of aryl methyl sites for hydroxylation is 1. The Morgan fingerprint density at radius 2 is 1.25 bits per heavy atom. The van der Waals surface area contributed by atoms with E-state index in [1.807, 2.05) is 54.6 Å². The largest absolute Gasteiger partial charge is 0.374 e. The van der Waals surface area contributed by atoms with Gasteiger partial charge in [0.2, 0.25) is 0 Å². The van der Waals surface area contributed by atoms with Gasteiger partial charge in [-0.2, -0.15) is 0 Å². The van der Waals surface area contributed by atoms with Crippen LogP contribution >= 0.6 is 0 Å². The van der Waals surface area contributed by atoms with Crippen LogP contribution in [0.1, 0.15) is 39.5 Å². The van der Waals surface area contributed by atoms with Crippen LogP contribution in [0.15, 0.2) is 109 Å². The van der Waals surface area contributed by atoms with Gasteiger partial charge in [0, 0.05) is 0 Å². The first kappa shape index (κ1) is 26.9. The van der Waals surface area contributed by atoms with E-state index in [4.69, 9.17) is 23.7 Å². The van der Waals surface area contributed by atoms with E-state index in [1.165, 1.54) is 11.1 Å². The highest BCUT2D eigenvalue weighted by molar-refractivity contribution is 5.36. The van der Waals surface area contributed by atoms with Crippen LogP contribution in [-0.4, -0.2) is 31.0 Å². The summed E-state index contributed by atoms with van der Waals surface area (Å²) in [5.74, 6) is 0. The Balaban J connectivity index is 1.29. The molecule has 0 amide bonds. The second-order valence-electron chi connectivity index (χ2n) is 10.6. The molecule has 1 saturated heterocycles. The lowest BCUT2D eigenvalue weighted by molar-refractivity contribution is -0.279. The lowest BCUT2D eigenvalue weighted by Crippen LogP contribution is -2.59. The Morgan fingerprint density at radius 3 is 1.88 bits per heavy atom. The van der Waals surface area contributed by atoms with Gasteiger partial charge in [-0.05, 0) is 34.7 Å². The highest BCUT2D eigenvalue weighted by Crippen LogP contribution is 2.42. The molecule has 40 heavy (non-hydrogen) atoms. The second kappa shape index (κ2) is 12.9. The fraction of sp³-hybridized carbons (Fsp3) is 0.314. The van der Waals surface area contributed by atoms with Crippen molar-refractivity contribution in [3.63, 3.8) is 0 Å². The summed E-state index contributed by atoms with van der Waals surface area (Å²) in [6.45, 7) is 4.42. The Kier molecular flexibility index (Phi) is 8.67. The van der Waals surface area contributed by atoms with Gasteiger partial charge in [0.25, 0.3) is 0 Å². The first-order valence-corrected chi connectivity index (χ1v) is 14.0. The molecular weight excluding hydrogens is 500 g/mol. The third-order valence-corrected chi connectivity index (χ3v) is 7.64. The van der Waals surface area contributed by atoms with Crippen LogP contribution in [0.3, 0.4) is 0 Å². The molecule has 5 atom stereocenters. The van der Waals surface area contributed by atoms with Gasteiger partial charge in [-0.25, -0.2) is 0 Å². The summed E-state index contributed by atoms with van der Waals surface area (Å²) in [6, 6.07) is 37.1. The third-order valence-electron chi connectivity index (χ3n) is 7.64. The number of hydrogen-bond acceptors (Lipinski definition) is 5. The summed E-state index contributed by atoms with van der Waals surface area (Å²) in [7, 11) is 0. The van der Waals surface area contributed by atoms with Crippen molar-refractivity contribution in [2.45, 2.75) is 63.9 Å². The molecule has 0 spiro atoms. The van der Waals surface area contributed by atoms with Crippen molar-refractivity contribution < 1.29 is 23.7 Å². The predicted octanol–water partition coefficient (Wildman–Crippen LogP) is 6.72. The van der Waals surface area contributed by atoms with Crippen molar-refractivity contribution in [1.82, 2.24) is 0 Å². The van der Waals surface area contributed by atoms with Crippen LogP contribution in [0.25, 0.3) is 0 Å². The van der Waals surface area contributed by atoms with Gasteiger partial charge >= 0.3 is 0 Å². The highest BCUT2D eigenvalue weighted by atomic mass is 16.6. The molecule has 2 heterocycles. The maximum absolute atomic E-state index is 6.84. The number of ether oxygens (including phenoxy) is 5. The zero-order valence-electron chi connectivity index (χ0n) is 22.9. The van der Waals surface area contributed by atoms with Crippen molar-refractivity contribution in [2.75, 3.05) is 6.61 Å². The van der Waals surface area contributed by atoms with Gasteiger partial charge in [-0.1, -0.05) is 115 Å². The van der Waals surface area contributed by atoms with Crippen molar-refractivity contribution in [1.29, 1.82) is 0 Å². The van der Waals surface area contributed by atoms with E-state index in [2.05, 4.69) is 61.5 Å². The van der Waals surface area contributed by atoms with E-state index < -0.39 is 0 Å². The average molecular weight is 537 g/mol. The van der Waals surface area contributed by atoms with Crippen molar-refractivity contribution in [2.24, 2.45) is 0 Å². The lowest BCUT2D eigenvalue weighted by atomic mass is 9.86. The molecule has 0 saturated carbocycles. The van der Waals surface area contributed by atoms with E-state index >= 15 is 0 Å². The molecule has 0 aliphatic carbocycles. The number of hydrogen-bond donors (Lipinski definition) is 0. The van der Waals surface area contributed by atoms with Gasteiger partial charge in [-0.15, -0.1) is 0 Å². The monoisotopic (exact) mass is 536 g/mol. The van der Waals surface area contributed by atoms with E-state index in [9.17, 15) is 0 Å². The smallest absolute Gasteiger partial charge is 0.117 e. The molecule has 4 aromatic carbocycles. The summed E-state index contributed by atoms with van der Waals surface area (Å²) >= 11 is 0. The van der Waals surface area contributed by atoms with Gasteiger partial charge in [-0.3, -0.25) is 0 Å². The molecular formula is C35H36O5. The highest BCUT2D eigenvalue weighted by Gasteiger charge is 2.50. The molecule has 4 aromatic rings. The quantitative estimate of drug-likeness (QED) is 0.225. The van der Waals surface area contributed by atoms with Crippen molar-refractivity contribution in [3.8, 4) is 0 Å². The third kappa shape index (κ3) is 6.35. The van der Waals surface area contributed by atoms with Crippen LogP contribution < -0.4 is 0 Å². The molecule has 6 rings (SSSR count). The Morgan fingerprint density at radius 1 is 0.675 bits per heavy atom. The second-order valence-corrected chi connectivity index (χ2v) is 10.6. The summed E-state index contributed by atoms with van der Waals surface area (Å²) in [6.07, 6.45) is -1.64. The minimum Gasteiger partial charge on any atom is -0.374 e. The molecule has 206 valence electrons. The predicted molar refractivity (Wildman–Crippen MR) is 154 cm³/mol. The van der Waals surface area contributed by atoms with Crippen molar-refractivity contribution in [3.05, 3.63) is 143 Å².